The molecule has 0 aromatic heterocycles. The SMILES string of the molecule is CN(CCF)C(=O)C1(NC(=O)c2ccc(/C(F)=C/C(c3cc(Br)cc(Br)c3)C(F)(F)F)cc2C(F)(F)F)CC1. The summed E-state index contributed by atoms with van der Waals surface area (Å²) >= 11 is 6.09. The first kappa shape index (κ1) is 31.1. The predicted octanol–water partition coefficient (Wildman–Crippen LogP) is 7.58. The number of hydrogen-bond donors (Lipinski definition) is 1. The lowest BCUT2D eigenvalue weighted by atomic mass is 9.95. The molecular formula is C25H20Br2F8N2O2. The number of carbonyl (C=O) groups excluding carboxylic acids is 2. The van der Waals surface area contributed by atoms with Gasteiger partial charge in [0.15, 0.2) is 0 Å². The van der Waals surface area contributed by atoms with Gasteiger partial charge in [0, 0.05) is 28.1 Å². The van der Waals surface area contributed by atoms with Gasteiger partial charge < -0.3 is 10.2 Å². The van der Waals surface area contributed by atoms with Crippen molar-refractivity contribution in [1.82, 2.24) is 10.2 Å². The molecule has 1 N–H and O–H groups in total. The molecule has 0 heterocycles. The van der Waals surface area contributed by atoms with Crippen LogP contribution in [-0.4, -0.2) is 48.7 Å². The van der Waals surface area contributed by atoms with Gasteiger partial charge in [-0.05, 0) is 54.8 Å². The third-order valence-electron chi connectivity index (χ3n) is 6.03. The number of benzene rings is 2. The molecule has 0 radical (unpaired) electrons. The zero-order valence-electron chi connectivity index (χ0n) is 20.0. The lowest BCUT2D eigenvalue weighted by Gasteiger charge is -2.24. The van der Waals surface area contributed by atoms with Crippen molar-refractivity contribution in [2.24, 2.45) is 0 Å². The Labute approximate surface area is 234 Å². The Bertz CT molecular complexity index is 1270. The molecule has 1 aliphatic carbocycles. The number of nitrogens with one attached hydrogen (secondary N) is 1. The van der Waals surface area contributed by atoms with E-state index in [9.17, 15) is 40.3 Å². The van der Waals surface area contributed by atoms with Crippen LogP contribution in [0.1, 0.15) is 45.8 Å². The summed E-state index contributed by atoms with van der Waals surface area (Å²) in [6.45, 7) is -1.14. The molecule has 14 heteroatoms. The molecule has 2 amide bonds. The average Bonchev–Trinajstić information content (AvgIpc) is 3.60. The number of amides is 2. The van der Waals surface area contributed by atoms with Crippen molar-refractivity contribution in [2.75, 3.05) is 20.3 Å². The van der Waals surface area contributed by atoms with Gasteiger partial charge in [0.1, 0.15) is 24.0 Å². The first-order chi connectivity index (χ1) is 18.0. The molecule has 4 nitrogen and oxygen atoms in total. The van der Waals surface area contributed by atoms with Crippen LogP contribution in [0.2, 0.25) is 0 Å². The summed E-state index contributed by atoms with van der Waals surface area (Å²) in [6, 6.07) is 5.26. The van der Waals surface area contributed by atoms with Crippen LogP contribution in [0.3, 0.4) is 0 Å². The van der Waals surface area contributed by atoms with E-state index in [4.69, 9.17) is 0 Å². The van der Waals surface area contributed by atoms with Crippen molar-refractivity contribution < 1.29 is 44.7 Å². The van der Waals surface area contributed by atoms with E-state index < -0.39 is 64.8 Å². The van der Waals surface area contributed by atoms with E-state index >= 15 is 4.39 Å². The Hall–Kier alpha value is -2.48. The lowest BCUT2D eigenvalue weighted by Crippen LogP contribution is -2.50. The van der Waals surface area contributed by atoms with Crippen molar-refractivity contribution in [3.8, 4) is 0 Å². The molecule has 1 unspecified atom stereocenters. The van der Waals surface area contributed by atoms with Crippen LogP contribution >= 0.6 is 31.9 Å². The Morgan fingerprint density at radius 2 is 1.64 bits per heavy atom. The Kier molecular flexibility index (Phi) is 9.20. The summed E-state index contributed by atoms with van der Waals surface area (Å²) in [7, 11) is 1.28. The van der Waals surface area contributed by atoms with Crippen LogP contribution in [-0.2, 0) is 11.0 Å². The number of nitrogens with zero attached hydrogens (tertiary/aromatic N) is 1. The van der Waals surface area contributed by atoms with Crippen LogP contribution < -0.4 is 5.32 Å². The highest BCUT2D eigenvalue weighted by atomic mass is 79.9. The van der Waals surface area contributed by atoms with Gasteiger partial charge >= 0.3 is 12.4 Å². The third kappa shape index (κ3) is 7.38. The first-order valence-electron chi connectivity index (χ1n) is 11.2. The van der Waals surface area contributed by atoms with E-state index in [1.807, 2.05) is 0 Å². The lowest BCUT2D eigenvalue weighted by molar-refractivity contribution is -0.140. The van der Waals surface area contributed by atoms with E-state index in [0.29, 0.717) is 6.07 Å². The van der Waals surface area contributed by atoms with Gasteiger partial charge in [-0.1, -0.05) is 37.9 Å². The predicted molar refractivity (Wildman–Crippen MR) is 134 cm³/mol. The second-order valence-corrected chi connectivity index (χ2v) is 10.8. The molecule has 39 heavy (non-hydrogen) atoms. The fourth-order valence-corrected chi connectivity index (χ4v) is 5.23. The van der Waals surface area contributed by atoms with Crippen LogP contribution in [0.25, 0.3) is 5.83 Å². The minimum Gasteiger partial charge on any atom is -0.341 e. The second-order valence-electron chi connectivity index (χ2n) is 8.95. The summed E-state index contributed by atoms with van der Waals surface area (Å²) in [5, 5.41) is 2.25. The molecule has 3 rings (SSSR count). The maximum absolute atomic E-state index is 15.0. The molecular weight excluding hydrogens is 672 g/mol. The minimum atomic E-state index is -5.19. The molecule has 2 aromatic carbocycles. The molecule has 212 valence electrons. The maximum Gasteiger partial charge on any atom is 0.417 e. The van der Waals surface area contributed by atoms with Crippen molar-refractivity contribution in [3.63, 3.8) is 0 Å². The van der Waals surface area contributed by atoms with Gasteiger partial charge in [0.2, 0.25) is 5.91 Å². The van der Waals surface area contributed by atoms with Gasteiger partial charge in [0.05, 0.1) is 11.1 Å². The molecule has 1 fully saturated rings. The fraction of sp³-hybridized carbons (Fsp3) is 0.360. The van der Waals surface area contributed by atoms with Gasteiger partial charge in [0.25, 0.3) is 5.91 Å². The van der Waals surface area contributed by atoms with E-state index in [1.54, 1.807) is 0 Å². The first-order valence-corrected chi connectivity index (χ1v) is 12.8. The summed E-state index contributed by atoms with van der Waals surface area (Å²) in [5.74, 6) is -6.05. The van der Waals surface area contributed by atoms with Crippen molar-refractivity contribution in [3.05, 3.63) is 73.7 Å². The van der Waals surface area contributed by atoms with Crippen molar-refractivity contribution in [1.29, 1.82) is 0 Å². The molecule has 0 spiro atoms. The van der Waals surface area contributed by atoms with Gasteiger partial charge in [-0.2, -0.15) is 26.3 Å². The standard InChI is InChI=1S/C25H20Br2F8N2O2/c1-37(7-6-28)22(39)23(4-5-23)36-21(38)17-3-2-13(10-19(17)25(33,34)35)20(29)12-18(24(30,31)32)14-8-15(26)11-16(27)9-14/h2-3,8-12,18H,4-7H2,1H3,(H,36,38)/b20-12-. The highest BCUT2D eigenvalue weighted by Crippen LogP contribution is 2.42. The van der Waals surface area contributed by atoms with E-state index in [1.165, 1.54) is 13.1 Å². The quantitative estimate of drug-likeness (QED) is 0.291. The monoisotopic (exact) mass is 690 g/mol. The molecule has 1 aliphatic rings. The Morgan fingerprint density at radius 3 is 2.13 bits per heavy atom. The largest absolute Gasteiger partial charge is 0.417 e. The third-order valence-corrected chi connectivity index (χ3v) is 6.95. The summed E-state index contributed by atoms with van der Waals surface area (Å²) in [5.41, 5.74) is -5.25. The van der Waals surface area contributed by atoms with Crippen molar-refractivity contribution >= 4 is 49.5 Å². The van der Waals surface area contributed by atoms with Crippen LogP contribution in [0.15, 0.2) is 51.4 Å². The highest BCUT2D eigenvalue weighted by molar-refractivity contribution is 9.11. The summed E-state index contributed by atoms with van der Waals surface area (Å²) < 4.78 is 111. The summed E-state index contributed by atoms with van der Waals surface area (Å²) in [6.07, 6.45) is -9.77. The molecule has 0 bridgehead atoms. The average molecular weight is 692 g/mol. The van der Waals surface area contributed by atoms with E-state index in [2.05, 4.69) is 37.2 Å². The number of likely N-dealkylation sites (N-methyl/N-ethyl adjacent to an activating group) is 1. The second kappa shape index (κ2) is 11.6. The molecule has 0 aliphatic heterocycles. The number of alkyl halides is 7. The fourth-order valence-electron chi connectivity index (χ4n) is 3.90. The number of allylic oxidation sites excluding steroid dienone is 1. The number of rotatable bonds is 8. The molecule has 0 saturated heterocycles. The van der Waals surface area contributed by atoms with Crippen molar-refractivity contribution in [2.45, 2.75) is 36.7 Å². The summed E-state index contributed by atoms with van der Waals surface area (Å²) in [4.78, 5) is 26.3. The van der Waals surface area contributed by atoms with Crippen LogP contribution in [0.5, 0.6) is 0 Å². The number of carbonyl (C=O) groups is 2. The van der Waals surface area contributed by atoms with Gasteiger partial charge in [-0.3, -0.25) is 9.59 Å². The van der Waals surface area contributed by atoms with Crippen LogP contribution in [0, 0.1) is 0 Å². The number of halogens is 10. The normalized spacial score (nSPS) is 16.0. The van der Waals surface area contributed by atoms with Gasteiger partial charge in [-0.25, -0.2) is 8.78 Å². The van der Waals surface area contributed by atoms with Crippen LogP contribution in [0.4, 0.5) is 35.1 Å². The zero-order chi connectivity index (χ0) is 29.3. The smallest absolute Gasteiger partial charge is 0.341 e. The van der Waals surface area contributed by atoms with E-state index in [-0.39, 0.29) is 46.0 Å². The molecule has 2 aromatic rings. The maximum atomic E-state index is 15.0. The molecule has 1 atom stereocenters. The van der Waals surface area contributed by atoms with E-state index in [0.717, 1.165) is 23.1 Å². The Morgan fingerprint density at radius 1 is 1.05 bits per heavy atom. The molecule has 1 saturated carbocycles. The number of hydrogen-bond acceptors (Lipinski definition) is 2. The highest BCUT2D eigenvalue weighted by Gasteiger charge is 2.53. The zero-order valence-corrected chi connectivity index (χ0v) is 23.2. The Balaban J connectivity index is 1.98. The van der Waals surface area contributed by atoms with Gasteiger partial charge in [-0.15, -0.1) is 0 Å². The minimum absolute atomic E-state index is 0.121. The topological polar surface area (TPSA) is 49.4 Å².